The highest BCUT2D eigenvalue weighted by molar-refractivity contribution is 9.11. The van der Waals surface area contributed by atoms with Crippen LogP contribution in [-0.2, 0) is 0 Å². The molecule has 0 unspecified atom stereocenters. The van der Waals surface area contributed by atoms with E-state index in [1.54, 1.807) is 0 Å². The van der Waals surface area contributed by atoms with Crippen LogP contribution in [0.15, 0.2) is 27.1 Å². The molecule has 14 heavy (non-hydrogen) atoms. The average molecular weight is 340 g/mol. The van der Waals surface area contributed by atoms with E-state index >= 15 is 0 Å². The number of nitrogens with two attached hydrogens (primary N) is 1. The molecule has 0 aliphatic heterocycles. The second-order valence-electron chi connectivity index (χ2n) is 2.63. The van der Waals surface area contributed by atoms with Gasteiger partial charge < -0.3 is 5.73 Å². The molecular formula is C9H9Br2ClN2. The minimum absolute atomic E-state index is 0. The van der Waals surface area contributed by atoms with E-state index in [2.05, 4.69) is 37.9 Å². The number of nitrogens with zero attached hydrogens (tertiary/aromatic N) is 1. The summed E-state index contributed by atoms with van der Waals surface area (Å²) in [6, 6.07) is 7.59. The first-order valence-electron chi connectivity index (χ1n) is 3.72. The summed E-state index contributed by atoms with van der Waals surface area (Å²) in [5.41, 5.74) is 6.76. The zero-order valence-electron chi connectivity index (χ0n) is 7.21. The number of hydrogen-bond donors (Lipinski definition) is 1. The largest absolute Gasteiger partial charge is 0.323 e. The van der Waals surface area contributed by atoms with E-state index in [0.717, 1.165) is 14.5 Å². The molecule has 0 radical (unpaired) electrons. The molecular weight excluding hydrogens is 331 g/mol. The van der Waals surface area contributed by atoms with Gasteiger partial charge in [-0.3, -0.25) is 0 Å². The fourth-order valence-corrected chi connectivity index (χ4v) is 1.93. The molecule has 5 heteroatoms. The minimum Gasteiger partial charge on any atom is -0.323 e. The minimum atomic E-state index is -0.225. The van der Waals surface area contributed by atoms with Gasteiger partial charge in [0, 0.05) is 15.0 Å². The number of benzene rings is 1. The summed E-state index contributed by atoms with van der Waals surface area (Å²) in [5.74, 6) is 0. The van der Waals surface area contributed by atoms with Gasteiger partial charge in [0.1, 0.15) is 0 Å². The quantitative estimate of drug-likeness (QED) is 0.895. The van der Waals surface area contributed by atoms with E-state index in [4.69, 9.17) is 11.0 Å². The molecule has 1 aromatic carbocycles. The maximum atomic E-state index is 8.50. The predicted molar refractivity (Wildman–Crippen MR) is 66.2 cm³/mol. The highest BCUT2D eigenvalue weighted by atomic mass is 79.9. The Balaban J connectivity index is 0.00000169. The van der Waals surface area contributed by atoms with Gasteiger partial charge in [0.05, 0.1) is 12.5 Å². The maximum absolute atomic E-state index is 8.50. The molecule has 0 bridgehead atoms. The SMILES string of the molecule is Cl.N#CC[C@H](N)c1cc(Br)ccc1Br. The zero-order chi connectivity index (χ0) is 9.84. The third kappa shape index (κ3) is 3.58. The van der Waals surface area contributed by atoms with E-state index in [0.29, 0.717) is 6.42 Å². The van der Waals surface area contributed by atoms with Crippen molar-refractivity contribution in [2.24, 2.45) is 5.73 Å². The van der Waals surface area contributed by atoms with Crippen LogP contribution >= 0.6 is 44.3 Å². The first kappa shape index (κ1) is 13.9. The lowest BCUT2D eigenvalue weighted by atomic mass is 10.1. The third-order valence-corrected chi connectivity index (χ3v) is 2.88. The van der Waals surface area contributed by atoms with Crippen molar-refractivity contribution < 1.29 is 0 Å². The van der Waals surface area contributed by atoms with Crippen molar-refractivity contribution >= 4 is 44.3 Å². The third-order valence-electron chi connectivity index (χ3n) is 1.67. The monoisotopic (exact) mass is 338 g/mol. The topological polar surface area (TPSA) is 49.8 Å². The summed E-state index contributed by atoms with van der Waals surface area (Å²) in [5, 5.41) is 8.50. The molecule has 2 nitrogen and oxygen atoms in total. The molecule has 0 amide bonds. The van der Waals surface area contributed by atoms with Gasteiger partial charge in [-0.15, -0.1) is 12.4 Å². The van der Waals surface area contributed by atoms with Crippen LogP contribution in [0.1, 0.15) is 18.0 Å². The lowest BCUT2D eigenvalue weighted by Gasteiger charge is -2.10. The van der Waals surface area contributed by atoms with Crippen molar-refractivity contribution in [1.29, 1.82) is 5.26 Å². The van der Waals surface area contributed by atoms with Crippen LogP contribution in [0, 0.1) is 11.3 Å². The van der Waals surface area contributed by atoms with Gasteiger partial charge >= 0.3 is 0 Å². The van der Waals surface area contributed by atoms with Crippen molar-refractivity contribution in [1.82, 2.24) is 0 Å². The molecule has 1 aromatic rings. The maximum Gasteiger partial charge on any atom is 0.0641 e. The van der Waals surface area contributed by atoms with E-state index in [1.165, 1.54) is 0 Å². The lowest BCUT2D eigenvalue weighted by Crippen LogP contribution is -2.09. The molecule has 1 atom stereocenters. The molecule has 1 rings (SSSR count). The Kier molecular flexibility index (Phi) is 6.38. The second kappa shape index (κ2) is 6.41. The lowest BCUT2D eigenvalue weighted by molar-refractivity contribution is 0.744. The van der Waals surface area contributed by atoms with Crippen molar-refractivity contribution in [3.05, 3.63) is 32.7 Å². The molecule has 0 aliphatic carbocycles. The van der Waals surface area contributed by atoms with E-state index < -0.39 is 0 Å². The second-order valence-corrected chi connectivity index (χ2v) is 4.40. The summed E-state index contributed by atoms with van der Waals surface area (Å²) < 4.78 is 1.91. The van der Waals surface area contributed by atoms with Crippen LogP contribution in [0.25, 0.3) is 0 Å². The molecule has 0 spiro atoms. The van der Waals surface area contributed by atoms with Gasteiger partial charge in [0.25, 0.3) is 0 Å². The molecule has 0 aromatic heterocycles. The van der Waals surface area contributed by atoms with Gasteiger partial charge in [0.2, 0.25) is 0 Å². The van der Waals surface area contributed by atoms with E-state index in [9.17, 15) is 0 Å². The van der Waals surface area contributed by atoms with E-state index in [1.807, 2.05) is 18.2 Å². The van der Waals surface area contributed by atoms with Crippen LogP contribution in [0.2, 0.25) is 0 Å². The zero-order valence-corrected chi connectivity index (χ0v) is 11.2. The number of halogens is 3. The Morgan fingerprint density at radius 2 is 2.07 bits per heavy atom. The van der Waals surface area contributed by atoms with Gasteiger partial charge in [-0.05, 0) is 23.8 Å². The molecule has 0 fully saturated rings. The van der Waals surface area contributed by atoms with Crippen LogP contribution in [-0.4, -0.2) is 0 Å². The van der Waals surface area contributed by atoms with Crippen molar-refractivity contribution in [2.75, 3.05) is 0 Å². The van der Waals surface area contributed by atoms with Crippen LogP contribution in [0.4, 0.5) is 0 Å². The van der Waals surface area contributed by atoms with Crippen molar-refractivity contribution in [2.45, 2.75) is 12.5 Å². The summed E-state index contributed by atoms with van der Waals surface area (Å²) >= 11 is 6.75. The van der Waals surface area contributed by atoms with Gasteiger partial charge in [-0.25, -0.2) is 0 Å². The van der Waals surface area contributed by atoms with Crippen LogP contribution < -0.4 is 5.73 Å². The van der Waals surface area contributed by atoms with Gasteiger partial charge in [-0.1, -0.05) is 31.9 Å². The highest BCUT2D eigenvalue weighted by Crippen LogP contribution is 2.26. The predicted octanol–water partition coefficient (Wildman–Crippen LogP) is 3.55. The van der Waals surface area contributed by atoms with Crippen molar-refractivity contribution in [3.8, 4) is 6.07 Å². The number of nitriles is 1. The van der Waals surface area contributed by atoms with Crippen LogP contribution in [0.3, 0.4) is 0 Å². The Morgan fingerprint density at radius 3 is 2.64 bits per heavy atom. The molecule has 2 N–H and O–H groups in total. The first-order valence-corrected chi connectivity index (χ1v) is 5.31. The first-order chi connectivity index (χ1) is 6.15. The normalized spacial score (nSPS) is 11.3. The van der Waals surface area contributed by atoms with Crippen LogP contribution in [0.5, 0.6) is 0 Å². The van der Waals surface area contributed by atoms with Gasteiger partial charge in [0.15, 0.2) is 0 Å². The van der Waals surface area contributed by atoms with E-state index in [-0.39, 0.29) is 18.4 Å². The standard InChI is InChI=1S/C9H8Br2N2.ClH/c10-6-1-2-8(11)7(5-6)9(13)3-4-12;/h1-2,5,9H,3,13H2;1H/t9-;/m0./s1. The highest BCUT2D eigenvalue weighted by Gasteiger charge is 2.09. The summed E-state index contributed by atoms with van der Waals surface area (Å²) in [6.07, 6.45) is 0.328. The molecule has 0 saturated carbocycles. The summed E-state index contributed by atoms with van der Waals surface area (Å²) in [7, 11) is 0. The van der Waals surface area contributed by atoms with Gasteiger partial charge in [-0.2, -0.15) is 5.26 Å². The summed E-state index contributed by atoms with van der Waals surface area (Å²) in [4.78, 5) is 0. The Bertz CT molecular complexity index is 349. The summed E-state index contributed by atoms with van der Waals surface area (Å²) in [6.45, 7) is 0. The number of rotatable bonds is 2. The Labute approximate surface area is 106 Å². The molecule has 0 heterocycles. The fourth-order valence-electron chi connectivity index (χ4n) is 1.01. The van der Waals surface area contributed by atoms with Crippen molar-refractivity contribution in [3.63, 3.8) is 0 Å². The molecule has 0 saturated heterocycles. The smallest absolute Gasteiger partial charge is 0.0641 e. The molecule has 0 aliphatic rings. The average Bonchev–Trinajstić information content (AvgIpc) is 2.09. The Morgan fingerprint density at radius 1 is 1.43 bits per heavy atom. The number of hydrogen-bond acceptors (Lipinski definition) is 2. The molecule has 76 valence electrons. The fraction of sp³-hybridized carbons (Fsp3) is 0.222. The Hall–Kier alpha value is -0.0800.